The van der Waals surface area contributed by atoms with Crippen LogP contribution < -0.4 is 9.64 Å². The summed E-state index contributed by atoms with van der Waals surface area (Å²) < 4.78 is 18.8. The molecule has 0 atom stereocenters. The molecule has 1 saturated heterocycles. The van der Waals surface area contributed by atoms with E-state index in [-0.39, 0.29) is 23.6 Å². The van der Waals surface area contributed by atoms with Gasteiger partial charge in [-0.2, -0.15) is 0 Å². The first-order valence-electron chi connectivity index (χ1n) is 8.57. The predicted molar refractivity (Wildman–Crippen MR) is 93.5 cm³/mol. The van der Waals surface area contributed by atoms with Gasteiger partial charge in [0.25, 0.3) is 5.88 Å². The van der Waals surface area contributed by atoms with E-state index in [2.05, 4.69) is 14.9 Å². The number of ether oxygens (including phenoxy) is 1. The maximum Gasteiger partial charge on any atom is 0.257 e. The molecule has 1 aliphatic heterocycles. The molecule has 5 nitrogen and oxygen atoms in total. The normalized spacial score (nSPS) is 15.4. The summed E-state index contributed by atoms with van der Waals surface area (Å²) in [4.78, 5) is 23.4. The zero-order valence-electron chi connectivity index (χ0n) is 14.5. The van der Waals surface area contributed by atoms with Gasteiger partial charge in [0.05, 0.1) is 6.10 Å². The number of ketones is 1. The topological polar surface area (TPSA) is 55.3 Å². The van der Waals surface area contributed by atoms with Gasteiger partial charge in [-0.15, -0.1) is 0 Å². The summed E-state index contributed by atoms with van der Waals surface area (Å²) in [5.41, 5.74) is 0.572. The Kier molecular flexibility index (Phi) is 5.26. The molecule has 1 fully saturated rings. The van der Waals surface area contributed by atoms with Crippen molar-refractivity contribution < 1.29 is 13.9 Å². The molecule has 0 spiro atoms. The van der Waals surface area contributed by atoms with Crippen LogP contribution in [0.15, 0.2) is 36.7 Å². The summed E-state index contributed by atoms with van der Waals surface area (Å²) in [6.45, 7) is 5.33. The minimum Gasteiger partial charge on any atom is -0.472 e. The van der Waals surface area contributed by atoms with Gasteiger partial charge < -0.3 is 9.64 Å². The Morgan fingerprint density at radius 1 is 1.16 bits per heavy atom. The van der Waals surface area contributed by atoms with Gasteiger partial charge in [-0.1, -0.05) is 0 Å². The number of nitrogens with zero attached hydrogens (tertiary/aromatic N) is 3. The Balaban J connectivity index is 1.66. The molecule has 0 saturated carbocycles. The van der Waals surface area contributed by atoms with Gasteiger partial charge >= 0.3 is 0 Å². The van der Waals surface area contributed by atoms with Crippen molar-refractivity contribution in [2.24, 2.45) is 5.92 Å². The number of aromatic nitrogens is 2. The molecule has 0 N–H and O–H groups in total. The molecule has 0 radical (unpaired) electrons. The van der Waals surface area contributed by atoms with Gasteiger partial charge in [0.2, 0.25) is 0 Å². The number of carbonyl (C=O) groups is 1. The van der Waals surface area contributed by atoms with Crippen LogP contribution >= 0.6 is 0 Å². The van der Waals surface area contributed by atoms with E-state index in [9.17, 15) is 9.18 Å². The monoisotopic (exact) mass is 343 g/mol. The van der Waals surface area contributed by atoms with Crippen molar-refractivity contribution in [1.82, 2.24) is 9.97 Å². The third-order valence-corrected chi connectivity index (χ3v) is 4.29. The Bertz CT molecular complexity index is 726. The zero-order valence-corrected chi connectivity index (χ0v) is 14.5. The van der Waals surface area contributed by atoms with Crippen molar-refractivity contribution in [3.63, 3.8) is 0 Å². The fourth-order valence-corrected chi connectivity index (χ4v) is 3.04. The number of hydrogen-bond acceptors (Lipinski definition) is 5. The third kappa shape index (κ3) is 4.13. The molecule has 1 aliphatic rings. The highest BCUT2D eigenvalue weighted by molar-refractivity contribution is 5.98. The molecule has 2 aromatic rings. The Labute approximate surface area is 146 Å². The highest BCUT2D eigenvalue weighted by Gasteiger charge is 2.28. The number of piperidine rings is 1. The molecule has 0 bridgehead atoms. The quantitative estimate of drug-likeness (QED) is 0.778. The third-order valence-electron chi connectivity index (χ3n) is 4.29. The maximum atomic E-state index is 13.0. The van der Waals surface area contributed by atoms with Crippen LogP contribution in [-0.4, -0.2) is 34.9 Å². The summed E-state index contributed by atoms with van der Waals surface area (Å²) in [6, 6.07) is 5.78. The minimum absolute atomic E-state index is 0.0213. The number of carbonyl (C=O) groups excluding carboxylic acids is 1. The second-order valence-corrected chi connectivity index (χ2v) is 6.48. The predicted octanol–water partition coefficient (Wildman–Crippen LogP) is 3.50. The molecule has 3 rings (SSSR count). The van der Waals surface area contributed by atoms with Gasteiger partial charge in [-0.3, -0.25) is 4.79 Å². The first kappa shape index (κ1) is 17.3. The van der Waals surface area contributed by atoms with Gasteiger partial charge in [0.1, 0.15) is 5.82 Å². The Hall–Kier alpha value is -2.50. The van der Waals surface area contributed by atoms with Crippen molar-refractivity contribution >= 4 is 11.6 Å². The standard InChI is InChI=1S/C19H22FN3O2/c1-13(2)25-19-18(21-9-10-22-19)23-11-7-15(8-12-23)17(24)14-3-5-16(20)6-4-14/h3-6,9-10,13,15H,7-8,11-12H2,1-2H3. The average Bonchev–Trinajstić information content (AvgIpc) is 2.62. The van der Waals surface area contributed by atoms with E-state index in [1.165, 1.54) is 12.1 Å². The smallest absolute Gasteiger partial charge is 0.257 e. The largest absolute Gasteiger partial charge is 0.472 e. The van der Waals surface area contributed by atoms with E-state index >= 15 is 0 Å². The first-order valence-corrected chi connectivity index (χ1v) is 8.57. The van der Waals surface area contributed by atoms with E-state index in [0.29, 0.717) is 24.5 Å². The lowest BCUT2D eigenvalue weighted by Gasteiger charge is -2.32. The second kappa shape index (κ2) is 7.59. The maximum absolute atomic E-state index is 13.0. The molecule has 2 heterocycles. The molecule has 0 aliphatic carbocycles. The van der Waals surface area contributed by atoms with Gasteiger partial charge in [0.15, 0.2) is 11.6 Å². The van der Waals surface area contributed by atoms with Crippen LogP contribution in [0, 0.1) is 11.7 Å². The van der Waals surface area contributed by atoms with Crippen molar-refractivity contribution in [2.45, 2.75) is 32.8 Å². The lowest BCUT2D eigenvalue weighted by Crippen LogP contribution is -2.37. The second-order valence-electron chi connectivity index (χ2n) is 6.48. The number of rotatable bonds is 5. The molecule has 1 aromatic heterocycles. The first-order chi connectivity index (χ1) is 12.0. The van der Waals surface area contributed by atoms with E-state index in [1.807, 2.05) is 13.8 Å². The fourth-order valence-electron chi connectivity index (χ4n) is 3.04. The lowest BCUT2D eigenvalue weighted by molar-refractivity contribution is 0.0900. The van der Waals surface area contributed by atoms with Crippen molar-refractivity contribution in [1.29, 1.82) is 0 Å². The molecule has 0 amide bonds. The Morgan fingerprint density at radius 2 is 1.80 bits per heavy atom. The van der Waals surface area contributed by atoms with Crippen LogP contribution in [0.25, 0.3) is 0 Å². The molecule has 132 valence electrons. The van der Waals surface area contributed by atoms with Crippen LogP contribution in [0.2, 0.25) is 0 Å². The van der Waals surface area contributed by atoms with Crippen LogP contribution in [0.5, 0.6) is 5.88 Å². The summed E-state index contributed by atoms with van der Waals surface area (Å²) in [5.74, 6) is 0.960. The molecule has 6 heteroatoms. The fraction of sp³-hybridized carbons (Fsp3) is 0.421. The molecule has 0 unspecified atom stereocenters. The highest BCUT2D eigenvalue weighted by Crippen LogP contribution is 2.29. The number of benzene rings is 1. The number of hydrogen-bond donors (Lipinski definition) is 0. The van der Waals surface area contributed by atoms with Crippen LogP contribution in [0.1, 0.15) is 37.0 Å². The van der Waals surface area contributed by atoms with Gasteiger partial charge in [0, 0.05) is 37.0 Å². The summed E-state index contributed by atoms with van der Waals surface area (Å²) in [5, 5.41) is 0. The molecular weight excluding hydrogens is 321 g/mol. The Morgan fingerprint density at radius 3 is 2.44 bits per heavy atom. The van der Waals surface area contributed by atoms with E-state index in [1.54, 1.807) is 24.5 Å². The number of anilines is 1. The van der Waals surface area contributed by atoms with E-state index < -0.39 is 0 Å². The molecule has 25 heavy (non-hydrogen) atoms. The van der Waals surface area contributed by atoms with Crippen molar-refractivity contribution in [3.8, 4) is 5.88 Å². The van der Waals surface area contributed by atoms with Gasteiger partial charge in [-0.05, 0) is 51.0 Å². The zero-order chi connectivity index (χ0) is 17.8. The summed E-state index contributed by atoms with van der Waals surface area (Å²) >= 11 is 0. The van der Waals surface area contributed by atoms with Crippen LogP contribution in [0.3, 0.4) is 0 Å². The summed E-state index contributed by atoms with van der Waals surface area (Å²) in [7, 11) is 0. The van der Waals surface area contributed by atoms with Gasteiger partial charge in [-0.25, -0.2) is 14.4 Å². The van der Waals surface area contributed by atoms with E-state index in [4.69, 9.17) is 4.74 Å². The lowest BCUT2D eigenvalue weighted by atomic mass is 9.89. The average molecular weight is 343 g/mol. The van der Waals surface area contributed by atoms with Crippen LogP contribution in [0.4, 0.5) is 10.2 Å². The van der Waals surface area contributed by atoms with Crippen molar-refractivity contribution in [2.75, 3.05) is 18.0 Å². The minimum atomic E-state index is -0.327. The van der Waals surface area contributed by atoms with Crippen molar-refractivity contribution in [3.05, 3.63) is 48.0 Å². The van der Waals surface area contributed by atoms with E-state index in [0.717, 1.165) is 18.7 Å². The number of halogens is 1. The highest BCUT2D eigenvalue weighted by atomic mass is 19.1. The number of Topliss-reactive ketones (excluding diaryl/α,β-unsaturated/α-hetero) is 1. The molecule has 1 aromatic carbocycles. The summed E-state index contributed by atoms with van der Waals surface area (Å²) in [6.07, 6.45) is 4.75. The molecular formula is C19H22FN3O2. The van der Waals surface area contributed by atoms with Crippen LogP contribution in [-0.2, 0) is 0 Å². The SMILES string of the molecule is CC(C)Oc1nccnc1N1CCC(C(=O)c2ccc(F)cc2)CC1.